The second kappa shape index (κ2) is 4.08. The van der Waals surface area contributed by atoms with Gasteiger partial charge in [-0.15, -0.1) is 0 Å². The molecule has 0 atom stereocenters. The predicted octanol–water partition coefficient (Wildman–Crippen LogP) is 4.03. The van der Waals surface area contributed by atoms with Gasteiger partial charge in [0.25, 0.3) is 0 Å². The molecule has 1 heterocycles. The highest BCUT2D eigenvalue weighted by Crippen LogP contribution is 2.47. The van der Waals surface area contributed by atoms with Crippen LogP contribution in [-0.2, 0) is 0 Å². The van der Waals surface area contributed by atoms with E-state index in [9.17, 15) is 4.39 Å². The predicted molar refractivity (Wildman–Crippen MR) is 73.4 cm³/mol. The Balaban J connectivity index is 2.50. The molecule has 0 bridgehead atoms. The molecule has 0 aromatic carbocycles. The van der Waals surface area contributed by atoms with Crippen molar-refractivity contribution in [3.63, 3.8) is 0 Å². The van der Waals surface area contributed by atoms with E-state index >= 15 is 0 Å². The van der Waals surface area contributed by atoms with Gasteiger partial charge in [-0.3, -0.25) is 0 Å². The van der Waals surface area contributed by atoms with E-state index in [2.05, 4.69) is 38.8 Å². The zero-order chi connectivity index (χ0) is 13.6. The van der Waals surface area contributed by atoms with Crippen molar-refractivity contribution in [2.45, 2.75) is 40.5 Å². The number of aromatic nitrogens is 1. The van der Waals surface area contributed by atoms with Crippen molar-refractivity contribution >= 4 is 11.4 Å². The molecule has 0 saturated heterocycles. The highest BCUT2D eigenvalue weighted by Gasteiger charge is 2.34. The van der Waals surface area contributed by atoms with Crippen LogP contribution >= 0.6 is 0 Å². The lowest BCUT2D eigenvalue weighted by atomic mass is 9.66. The number of halogens is 1. The summed E-state index contributed by atoms with van der Waals surface area (Å²) in [4.78, 5) is 3.91. The topological polar surface area (TPSA) is 38.9 Å². The molecule has 2 rings (SSSR count). The average molecular weight is 248 g/mol. The van der Waals surface area contributed by atoms with Crippen LogP contribution in [0.15, 0.2) is 18.3 Å². The Bertz CT molecular complexity index is 501. The molecule has 1 aromatic heterocycles. The van der Waals surface area contributed by atoms with E-state index in [4.69, 9.17) is 5.73 Å². The van der Waals surface area contributed by atoms with Crippen molar-refractivity contribution < 1.29 is 4.39 Å². The van der Waals surface area contributed by atoms with Crippen LogP contribution < -0.4 is 5.73 Å². The third kappa shape index (κ3) is 2.71. The Morgan fingerprint density at radius 1 is 1.28 bits per heavy atom. The van der Waals surface area contributed by atoms with Gasteiger partial charge in [0.05, 0.1) is 6.20 Å². The van der Waals surface area contributed by atoms with Crippen molar-refractivity contribution in [1.82, 2.24) is 4.98 Å². The van der Waals surface area contributed by atoms with Gasteiger partial charge >= 0.3 is 0 Å². The van der Waals surface area contributed by atoms with E-state index in [1.165, 1.54) is 12.3 Å². The summed E-state index contributed by atoms with van der Waals surface area (Å²) in [6.45, 7) is 8.89. The van der Waals surface area contributed by atoms with Crippen LogP contribution in [0.1, 0.15) is 46.1 Å². The monoisotopic (exact) mass is 248 g/mol. The first kappa shape index (κ1) is 13.1. The highest BCUT2D eigenvalue weighted by molar-refractivity contribution is 5.74. The van der Waals surface area contributed by atoms with Gasteiger partial charge in [-0.2, -0.15) is 0 Å². The molecule has 3 heteroatoms. The number of anilines is 1. The third-order valence-electron chi connectivity index (χ3n) is 3.40. The van der Waals surface area contributed by atoms with Gasteiger partial charge in [0.15, 0.2) is 0 Å². The molecule has 18 heavy (non-hydrogen) atoms. The minimum absolute atomic E-state index is 0.107. The largest absolute Gasteiger partial charge is 0.383 e. The lowest BCUT2D eigenvalue weighted by molar-refractivity contribution is 0.229. The molecule has 0 amide bonds. The molecule has 1 aromatic rings. The smallest absolute Gasteiger partial charge is 0.142 e. The molecule has 0 saturated carbocycles. The number of pyridine rings is 1. The zero-order valence-corrected chi connectivity index (χ0v) is 11.5. The van der Waals surface area contributed by atoms with E-state index in [1.807, 2.05) is 0 Å². The first-order valence-corrected chi connectivity index (χ1v) is 6.32. The van der Waals surface area contributed by atoms with Crippen molar-refractivity contribution in [1.29, 1.82) is 0 Å². The first-order chi connectivity index (χ1) is 8.19. The summed E-state index contributed by atoms with van der Waals surface area (Å²) >= 11 is 0. The van der Waals surface area contributed by atoms with Crippen molar-refractivity contribution in [2.24, 2.45) is 10.8 Å². The number of nitrogens with zero attached hydrogens (tertiary/aromatic N) is 1. The number of nitrogen functional groups attached to an aromatic ring is 1. The summed E-state index contributed by atoms with van der Waals surface area (Å²) in [6.07, 6.45) is 5.40. The summed E-state index contributed by atoms with van der Waals surface area (Å²) in [5.41, 5.74) is 8.04. The average Bonchev–Trinajstić information content (AvgIpc) is 2.17. The van der Waals surface area contributed by atoms with E-state index in [0.717, 1.165) is 24.0 Å². The molecule has 1 aliphatic rings. The Kier molecular flexibility index (Phi) is 2.96. The SMILES string of the molecule is CC1(C)C=C(c2cc(F)cnc2N)CC(C)(C)C1. The first-order valence-electron chi connectivity index (χ1n) is 6.32. The van der Waals surface area contributed by atoms with Crippen molar-refractivity contribution in [2.75, 3.05) is 5.73 Å². The highest BCUT2D eigenvalue weighted by atomic mass is 19.1. The van der Waals surface area contributed by atoms with E-state index < -0.39 is 0 Å². The van der Waals surface area contributed by atoms with Crippen LogP contribution in [0.25, 0.3) is 5.57 Å². The standard InChI is InChI=1S/C15H21FN2/c1-14(2)6-10(7-15(3,4)9-14)12-5-11(16)8-18-13(12)17/h5-6,8H,7,9H2,1-4H3,(H2,17,18). The maximum Gasteiger partial charge on any atom is 0.142 e. The molecular weight excluding hydrogens is 227 g/mol. The van der Waals surface area contributed by atoms with E-state index in [0.29, 0.717) is 5.82 Å². The van der Waals surface area contributed by atoms with Crippen molar-refractivity contribution in [3.8, 4) is 0 Å². The maximum atomic E-state index is 13.3. The fourth-order valence-corrected chi connectivity index (χ4v) is 3.27. The van der Waals surface area contributed by atoms with E-state index in [-0.39, 0.29) is 16.6 Å². The summed E-state index contributed by atoms with van der Waals surface area (Å²) < 4.78 is 13.3. The second-order valence-corrected chi connectivity index (χ2v) is 6.76. The molecule has 2 N–H and O–H groups in total. The Hall–Kier alpha value is -1.38. The molecular formula is C15H21FN2. The van der Waals surface area contributed by atoms with E-state index in [1.54, 1.807) is 0 Å². The Morgan fingerprint density at radius 2 is 1.94 bits per heavy atom. The fourth-order valence-electron chi connectivity index (χ4n) is 3.27. The lowest BCUT2D eigenvalue weighted by Gasteiger charge is -2.39. The van der Waals surface area contributed by atoms with Crippen LogP contribution in [0.5, 0.6) is 0 Å². The van der Waals surface area contributed by atoms with Crippen LogP contribution in [-0.4, -0.2) is 4.98 Å². The van der Waals surface area contributed by atoms with Gasteiger partial charge in [-0.05, 0) is 35.3 Å². The molecule has 1 aliphatic carbocycles. The molecule has 2 nitrogen and oxygen atoms in total. The zero-order valence-electron chi connectivity index (χ0n) is 11.5. The minimum atomic E-state index is -0.332. The number of nitrogens with two attached hydrogens (primary N) is 1. The van der Waals surface area contributed by atoms with Crippen molar-refractivity contribution in [3.05, 3.63) is 29.7 Å². The van der Waals surface area contributed by atoms with Crippen LogP contribution in [0.2, 0.25) is 0 Å². The van der Waals surface area contributed by atoms with Gasteiger partial charge in [-0.25, -0.2) is 9.37 Å². The minimum Gasteiger partial charge on any atom is -0.383 e. The van der Waals surface area contributed by atoms with Crippen LogP contribution in [0, 0.1) is 16.6 Å². The number of hydrogen-bond donors (Lipinski definition) is 1. The number of hydrogen-bond acceptors (Lipinski definition) is 2. The molecule has 0 unspecified atom stereocenters. The quantitative estimate of drug-likeness (QED) is 0.814. The summed E-state index contributed by atoms with van der Waals surface area (Å²) in [5.74, 6) is 0.0810. The lowest BCUT2D eigenvalue weighted by Crippen LogP contribution is -2.27. The summed E-state index contributed by atoms with van der Waals surface area (Å²) in [7, 11) is 0. The molecule has 0 aliphatic heterocycles. The Morgan fingerprint density at radius 3 is 2.56 bits per heavy atom. The number of rotatable bonds is 1. The van der Waals surface area contributed by atoms with Gasteiger partial charge in [0, 0.05) is 5.56 Å². The van der Waals surface area contributed by atoms with Gasteiger partial charge in [0.1, 0.15) is 11.6 Å². The van der Waals surface area contributed by atoms with Crippen LogP contribution in [0.3, 0.4) is 0 Å². The molecule has 0 radical (unpaired) electrons. The summed E-state index contributed by atoms with van der Waals surface area (Å²) in [6, 6.07) is 1.49. The molecule has 0 spiro atoms. The number of allylic oxidation sites excluding steroid dienone is 2. The molecule has 0 fully saturated rings. The van der Waals surface area contributed by atoms with Gasteiger partial charge in [-0.1, -0.05) is 33.8 Å². The van der Waals surface area contributed by atoms with Crippen LogP contribution in [0.4, 0.5) is 10.2 Å². The summed E-state index contributed by atoms with van der Waals surface area (Å²) in [5, 5.41) is 0. The fraction of sp³-hybridized carbons (Fsp3) is 0.533. The van der Waals surface area contributed by atoms with Gasteiger partial charge < -0.3 is 5.73 Å². The third-order valence-corrected chi connectivity index (χ3v) is 3.40. The van der Waals surface area contributed by atoms with Gasteiger partial charge in [0.2, 0.25) is 0 Å². The normalized spacial score (nSPS) is 21.5. The maximum absolute atomic E-state index is 13.3. The molecule has 98 valence electrons. The second-order valence-electron chi connectivity index (χ2n) is 6.76. The Labute approximate surface area is 108 Å².